The normalized spacial score (nSPS) is 22.3. The maximum atomic E-state index is 12.2. The number of esters is 1. The van der Waals surface area contributed by atoms with Gasteiger partial charge in [-0.05, 0) is 49.1 Å². The summed E-state index contributed by atoms with van der Waals surface area (Å²) < 4.78 is 4.77. The summed E-state index contributed by atoms with van der Waals surface area (Å²) in [5, 5.41) is 5.05. The van der Waals surface area contributed by atoms with E-state index in [0.29, 0.717) is 0 Å². The van der Waals surface area contributed by atoms with Crippen LogP contribution in [0.5, 0.6) is 0 Å². The molecule has 4 nitrogen and oxygen atoms in total. The first-order chi connectivity index (χ1) is 9.65. The summed E-state index contributed by atoms with van der Waals surface area (Å²) in [4.78, 5) is 24.5. The third kappa shape index (κ3) is 3.39. The van der Waals surface area contributed by atoms with Gasteiger partial charge in [0.25, 0.3) is 5.91 Å². The van der Waals surface area contributed by atoms with Crippen molar-refractivity contribution in [2.24, 2.45) is 5.92 Å². The number of thiophene rings is 1. The van der Waals surface area contributed by atoms with E-state index in [2.05, 4.69) is 12.2 Å². The number of ether oxygens (including phenoxy) is 1. The zero-order chi connectivity index (χ0) is 14.5. The maximum Gasteiger partial charge on any atom is 0.308 e. The smallest absolute Gasteiger partial charge is 0.308 e. The van der Waals surface area contributed by atoms with Crippen LogP contribution in [0.15, 0.2) is 11.4 Å². The van der Waals surface area contributed by atoms with E-state index in [1.807, 2.05) is 11.4 Å². The average Bonchev–Trinajstić information content (AvgIpc) is 2.95. The highest BCUT2D eigenvalue weighted by Gasteiger charge is 2.28. The first-order valence-electron chi connectivity index (χ1n) is 7.10. The monoisotopic (exact) mass is 295 g/mol. The molecule has 0 aliphatic heterocycles. The van der Waals surface area contributed by atoms with Crippen molar-refractivity contribution in [2.75, 3.05) is 7.11 Å². The molecule has 20 heavy (non-hydrogen) atoms. The molecule has 0 bridgehead atoms. The standard InChI is InChI=1S/C15H21NO3S/c1-3-10-8-9-20-13(10)14(17)16-12-6-4-11(5-7-12)15(18)19-2/h8-9,11-12H,3-7H2,1-2H3,(H,16,17). The number of amides is 1. The van der Waals surface area contributed by atoms with E-state index in [1.165, 1.54) is 18.4 Å². The molecule has 110 valence electrons. The highest BCUT2D eigenvalue weighted by molar-refractivity contribution is 7.12. The third-order valence-electron chi connectivity index (χ3n) is 3.93. The first-order valence-corrected chi connectivity index (χ1v) is 7.98. The van der Waals surface area contributed by atoms with E-state index < -0.39 is 0 Å². The van der Waals surface area contributed by atoms with Crippen LogP contribution < -0.4 is 5.32 Å². The van der Waals surface area contributed by atoms with Crippen molar-refractivity contribution in [1.82, 2.24) is 5.32 Å². The van der Waals surface area contributed by atoms with Gasteiger partial charge in [-0.2, -0.15) is 0 Å². The minimum Gasteiger partial charge on any atom is -0.469 e. The van der Waals surface area contributed by atoms with Gasteiger partial charge in [-0.25, -0.2) is 0 Å². The van der Waals surface area contributed by atoms with Crippen molar-refractivity contribution in [2.45, 2.75) is 45.1 Å². The van der Waals surface area contributed by atoms with Crippen molar-refractivity contribution < 1.29 is 14.3 Å². The molecule has 1 aromatic rings. The molecule has 0 atom stereocenters. The number of aryl methyl sites for hydroxylation is 1. The second-order valence-corrected chi connectivity index (χ2v) is 6.09. The Kier molecular flexibility index (Phi) is 5.17. The lowest BCUT2D eigenvalue weighted by molar-refractivity contribution is -0.146. The summed E-state index contributed by atoms with van der Waals surface area (Å²) in [5.74, 6) is -0.0965. The predicted molar refractivity (Wildman–Crippen MR) is 78.9 cm³/mol. The molecule has 2 rings (SSSR count). The van der Waals surface area contributed by atoms with E-state index in [9.17, 15) is 9.59 Å². The molecule has 0 aromatic carbocycles. The van der Waals surface area contributed by atoms with Gasteiger partial charge in [0.2, 0.25) is 0 Å². The van der Waals surface area contributed by atoms with Gasteiger partial charge in [0.05, 0.1) is 17.9 Å². The molecule has 1 fully saturated rings. The number of methoxy groups -OCH3 is 1. The molecule has 1 amide bonds. The molecule has 0 saturated heterocycles. The summed E-state index contributed by atoms with van der Waals surface area (Å²) in [6.45, 7) is 2.06. The Morgan fingerprint density at radius 1 is 1.35 bits per heavy atom. The van der Waals surface area contributed by atoms with Gasteiger partial charge in [-0.15, -0.1) is 11.3 Å². The lowest BCUT2D eigenvalue weighted by atomic mass is 9.86. The van der Waals surface area contributed by atoms with Crippen molar-refractivity contribution in [3.8, 4) is 0 Å². The van der Waals surface area contributed by atoms with Crippen LogP contribution in [0.2, 0.25) is 0 Å². The Balaban J connectivity index is 1.86. The molecule has 1 saturated carbocycles. The SMILES string of the molecule is CCc1ccsc1C(=O)NC1CCC(C(=O)OC)CC1. The average molecular weight is 295 g/mol. The van der Waals surface area contributed by atoms with E-state index in [0.717, 1.165) is 42.5 Å². The number of rotatable bonds is 4. The molecule has 1 N–H and O–H groups in total. The van der Waals surface area contributed by atoms with Crippen LogP contribution in [0.3, 0.4) is 0 Å². The molecule has 1 aromatic heterocycles. The largest absolute Gasteiger partial charge is 0.469 e. The number of carbonyl (C=O) groups excluding carboxylic acids is 2. The summed E-state index contributed by atoms with van der Waals surface area (Å²) >= 11 is 1.49. The molecule has 1 heterocycles. The van der Waals surface area contributed by atoms with Gasteiger partial charge < -0.3 is 10.1 Å². The lowest BCUT2D eigenvalue weighted by Gasteiger charge is -2.27. The Bertz CT molecular complexity index is 475. The highest BCUT2D eigenvalue weighted by Crippen LogP contribution is 2.26. The first kappa shape index (κ1) is 15.0. The second-order valence-electron chi connectivity index (χ2n) is 5.17. The van der Waals surface area contributed by atoms with E-state index in [1.54, 1.807) is 0 Å². The Labute approximate surface area is 123 Å². The summed E-state index contributed by atoms with van der Waals surface area (Å²) in [6, 6.07) is 2.18. The van der Waals surface area contributed by atoms with E-state index in [-0.39, 0.29) is 23.8 Å². The van der Waals surface area contributed by atoms with Crippen molar-refractivity contribution in [3.63, 3.8) is 0 Å². The zero-order valence-corrected chi connectivity index (χ0v) is 12.8. The fourth-order valence-corrected chi connectivity index (χ4v) is 3.60. The molecule has 5 heteroatoms. The molecule has 0 spiro atoms. The zero-order valence-electron chi connectivity index (χ0n) is 12.0. The van der Waals surface area contributed by atoms with Crippen LogP contribution in [0, 0.1) is 5.92 Å². The summed E-state index contributed by atoms with van der Waals surface area (Å²) in [7, 11) is 1.43. The topological polar surface area (TPSA) is 55.4 Å². The Morgan fingerprint density at radius 2 is 2.05 bits per heavy atom. The van der Waals surface area contributed by atoms with Crippen LogP contribution in [0.1, 0.15) is 47.8 Å². The maximum absolute atomic E-state index is 12.2. The van der Waals surface area contributed by atoms with E-state index >= 15 is 0 Å². The van der Waals surface area contributed by atoms with Crippen LogP contribution in [0.4, 0.5) is 0 Å². The van der Waals surface area contributed by atoms with Gasteiger partial charge in [0.15, 0.2) is 0 Å². The van der Waals surface area contributed by atoms with Gasteiger partial charge in [-0.3, -0.25) is 9.59 Å². The third-order valence-corrected chi connectivity index (χ3v) is 4.89. The number of carbonyl (C=O) groups is 2. The minimum atomic E-state index is -0.124. The predicted octanol–water partition coefficient (Wildman–Crippen LogP) is 2.77. The summed E-state index contributed by atoms with van der Waals surface area (Å²) in [6.07, 6.45) is 4.16. The van der Waals surface area contributed by atoms with Gasteiger partial charge in [0.1, 0.15) is 0 Å². The van der Waals surface area contributed by atoms with Crippen LogP contribution in [0.25, 0.3) is 0 Å². The van der Waals surface area contributed by atoms with Crippen molar-refractivity contribution >= 4 is 23.2 Å². The molecular weight excluding hydrogens is 274 g/mol. The Hall–Kier alpha value is -1.36. The molecule has 1 aliphatic carbocycles. The molecular formula is C15H21NO3S. The molecule has 1 aliphatic rings. The second kappa shape index (κ2) is 6.88. The van der Waals surface area contributed by atoms with Crippen LogP contribution >= 0.6 is 11.3 Å². The van der Waals surface area contributed by atoms with Crippen molar-refractivity contribution in [1.29, 1.82) is 0 Å². The van der Waals surface area contributed by atoms with Gasteiger partial charge >= 0.3 is 5.97 Å². The van der Waals surface area contributed by atoms with Crippen LogP contribution in [-0.2, 0) is 16.0 Å². The quantitative estimate of drug-likeness (QED) is 0.869. The number of nitrogens with one attached hydrogen (secondary N) is 1. The highest BCUT2D eigenvalue weighted by atomic mass is 32.1. The fourth-order valence-electron chi connectivity index (χ4n) is 2.70. The molecule has 0 unspecified atom stereocenters. The molecule has 0 radical (unpaired) electrons. The lowest BCUT2D eigenvalue weighted by Crippen LogP contribution is -2.38. The minimum absolute atomic E-state index is 0.00101. The van der Waals surface area contributed by atoms with Gasteiger partial charge in [0, 0.05) is 6.04 Å². The fraction of sp³-hybridized carbons (Fsp3) is 0.600. The summed E-state index contributed by atoms with van der Waals surface area (Å²) in [5.41, 5.74) is 1.11. The van der Waals surface area contributed by atoms with Crippen molar-refractivity contribution in [3.05, 3.63) is 21.9 Å². The van der Waals surface area contributed by atoms with Crippen LogP contribution in [-0.4, -0.2) is 25.0 Å². The Morgan fingerprint density at radius 3 is 2.65 bits per heavy atom. The van der Waals surface area contributed by atoms with Gasteiger partial charge in [-0.1, -0.05) is 6.92 Å². The number of hydrogen-bond acceptors (Lipinski definition) is 4. The van der Waals surface area contributed by atoms with E-state index in [4.69, 9.17) is 4.74 Å². The number of hydrogen-bond donors (Lipinski definition) is 1.